The minimum Gasteiger partial charge on any atom is -0.496 e. The van der Waals surface area contributed by atoms with Gasteiger partial charge in [-0.3, -0.25) is 0 Å². The Balaban J connectivity index is 2.35. The van der Waals surface area contributed by atoms with Gasteiger partial charge < -0.3 is 10.1 Å². The van der Waals surface area contributed by atoms with E-state index in [1.54, 1.807) is 7.11 Å². The summed E-state index contributed by atoms with van der Waals surface area (Å²) in [6, 6.07) is 15.1. The maximum absolute atomic E-state index is 5.59. The standard InChI is InChI=1S/C18H22BrNO/c1-4-20-17(11-14-8-6-5-7-9-14)15-12-16(19)13(2)10-18(15)21-3/h5-10,12,17,20H,4,11H2,1-3H3. The predicted molar refractivity (Wildman–Crippen MR) is 92.0 cm³/mol. The van der Waals surface area contributed by atoms with Crippen molar-refractivity contribution >= 4 is 15.9 Å². The molecular weight excluding hydrogens is 326 g/mol. The fourth-order valence-electron chi connectivity index (χ4n) is 2.51. The molecule has 0 radical (unpaired) electrons. The lowest BCUT2D eigenvalue weighted by atomic mass is 9.97. The lowest BCUT2D eigenvalue weighted by Crippen LogP contribution is -2.23. The summed E-state index contributed by atoms with van der Waals surface area (Å²) in [6.07, 6.45) is 0.945. The number of nitrogens with one attached hydrogen (secondary N) is 1. The van der Waals surface area contributed by atoms with E-state index in [1.807, 2.05) is 0 Å². The molecule has 0 fully saturated rings. The highest BCUT2D eigenvalue weighted by Crippen LogP contribution is 2.32. The molecule has 1 N–H and O–H groups in total. The smallest absolute Gasteiger partial charge is 0.123 e. The summed E-state index contributed by atoms with van der Waals surface area (Å²) in [5.41, 5.74) is 3.70. The number of ether oxygens (including phenoxy) is 1. The summed E-state index contributed by atoms with van der Waals surface area (Å²) in [4.78, 5) is 0. The molecule has 1 atom stereocenters. The first kappa shape index (κ1) is 16.1. The number of methoxy groups -OCH3 is 1. The Labute approximate surface area is 135 Å². The monoisotopic (exact) mass is 347 g/mol. The molecule has 112 valence electrons. The third kappa shape index (κ3) is 4.08. The molecule has 2 rings (SSSR count). The predicted octanol–water partition coefficient (Wildman–Crippen LogP) is 4.66. The second-order valence-corrected chi connectivity index (χ2v) is 6.00. The van der Waals surface area contributed by atoms with Gasteiger partial charge in [-0.25, -0.2) is 0 Å². The van der Waals surface area contributed by atoms with Crippen molar-refractivity contribution in [1.82, 2.24) is 5.32 Å². The summed E-state index contributed by atoms with van der Waals surface area (Å²) in [5, 5.41) is 3.57. The second kappa shape index (κ2) is 7.62. The first-order valence-electron chi connectivity index (χ1n) is 7.27. The van der Waals surface area contributed by atoms with E-state index >= 15 is 0 Å². The van der Waals surface area contributed by atoms with Crippen molar-refractivity contribution in [3.8, 4) is 5.75 Å². The minimum absolute atomic E-state index is 0.240. The molecule has 3 heteroatoms. The van der Waals surface area contributed by atoms with Gasteiger partial charge in [-0.05, 0) is 43.1 Å². The summed E-state index contributed by atoms with van der Waals surface area (Å²) >= 11 is 3.63. The molecule has 21 heavy (non-hydrogen) atoms. The molecular formula is C18H22BrNO. The average Bonchev–Trinajstić information content (AvgIpc) is 2.50. The molecule has 0 aromatic heterocycles. The van der Waals surface area contributed by atoms with E-state index in [9.17, 15) is 0 Å². The summed E-state index contributed by atoms with van der Waals surface area (Å²) < 4.78 is 6.71. The van der Waals surface area contributed by atoms with Gasteiger partial charge in [0.1, 0.15) is 5.75 Å². The van der Waals surface area contributed by atoms with Gasteiger partial charge in [0.05, 0.1) is 7.11 Å². The molecule has 0 saturated carbocycles. The van der Waals surface area contributed by atoms with E-state index in [0.29, 0.717) is 0 Å². The fraction of sp³-hybridized carbons (Fsp3) is 0.333. The van der Waals surface area contributed by atoms with Gasteiger partial charge >= 0.3 is 0 Å². The Morgan fingerprint density at radius 3 is 2.52 bits per heavy atom. The maximum Gasteiger partial charge on any atom is 0.123 e. The molecule has 0 aliphatic heterocycles. The van der Waals surface area contributed by atoms with Crippen LogP contribution in [0.25, 0.3) is 0 Å². The largest absolute Gasteiger partial charge is 0.496 e. The Hall–Kier alpha value is -1.32. The SMILES string of the molecule is CCNC(Cc1ccccc1)c1cc(Br)c(C)cc1OC. The molecule has 0 saturated heterocycles. The lowest BCUT2D eigenvalue weighted by molar-refractivity contribution is 0.398. The second-order valence-electron chi connectivity index (χ2n) is 5.14. The van der Waals surface area contributed by atoms with Crippen LogP contribution < -0.4 is 10.1 Å². The molecule has 2 aromatic rings. The van der Waals surface area contributed by atoms with Crippen LogP contribution in [0.5, 0.6) is 5.75 Å². The molecule has 0 aliphatic carbocycles. The lowest BCUT2D eigenvalue weighted by Gasteiger charge is -2.22. The molecule has 2 aromatic carbocycles. The maximum atomic E-state index is 5.59. The molecule has 1 unspecified atom stereocenters. The van der Waals surface area contributed by atoms with Gasteiger partial charge in [-0.1, -0.05) is 53.2 Å². The van der Waals surface area contributed by atoms with E-state index < -0.39 is 0 Å². The van der Waals surface area contributed by atoms with Crippen LogP contribution in [-0.2, 0) is 6.42 Å². The Morgan fingerprint density at radius 1 is 1.19 bits per heavy atom. The molecule has 2 nitrogen and oxygen atoms in total. The topological polar surface area (TPSA) is 21.3 Å². The first-order chi connectivity index (χ1) is 10.2. The quantitative estimate of drug-likeness (QED) is 0.820. The number of hydrogen-bond donors (Lipinski definition) is 1. The molecule has 0 amide bonds. The van der Waals surface area contributed by atoms with Crippen molar-refractivity contribution in [2.75, 3.05) is 13.7 Å². The van der Waals surface area contributed by atoms with Crippen molar-refractivity contribution in [1.29, 1.82) is 0 Å². The van der Waals surface area contributed by atoms with E-state index in [4.69, 9.17) is 4.74 Å². The van der Waals surface area contributed by atoms with Gasteiger partial charge in [0.15, 0.2) is 0 Å². The number of likely N-dealkylation sites (N-methyl/N-ethyl adjacent to an activating group) is 1. The molecule has 0 spiro atoms. The first-order valence-corrected chi connectivity index (χ1v) is 8.06. The van der Waals surface area contributed by atoms with Crippen LogP contribution in [0.3, 0.4) is 0 Å². The number of rotatable bonds is 6. The number of hydrogen-bond acceptors (Lipinski definition) is 2. The van der Waals surface area contributed by atoms with E-state index in [2.05, 4.69) is 77.6 Å². The van der Waals surface area contributed by atoms with Crippen LogP contribution in [0.2, 0.25) is 0 Å². The van der Waals surface area contributed by atoms with Crippen LogP contribution in [0.4, 0.5) is 0 Å². The van der Waals surface area contributed by atoms with Gasteiger partial charge in [0.25, 0.3) is 0 Å². The fourth-order valence-corrected chi connectivity index (χ4v) is 2.87. The zero-order chi connectivity index (χ0) is 15.2. The van der Waals surface area contributed by atoms with Crippen LogP contribution in [0.1, 0.15) is 29.7 Å². The third-order valence-electron chi connectivity index (χ3n) is 3.62. The average molecular weight is 348 g/mol. The van der Waals surface area contributed by atoms with Gasteiger partial charge in [0.2, 0.25) is 0 Å². The van der Waals surface area contributed by atoms with Crippen LogP contribution in [0.15, 0.2) is 46.9 Å². The normalized spacial score (nSPS) is 12.2. The Bertz CT molecular complexity index is 583. The number of aryl methyl sites for hydroxylation is 1. The highest BCUT2D eigenvalue weighted by atomic mass is 79.9. The van der Waals surface area contributed by atoms with Crippen molar-refractivity contribution in [3.05, 3.63) is 63.6 Å². The van der Waals surface area contributed by atoms with Crippen molar-refractivity contribution in [3.63, 3.8) is 0 Å². The van der Waals surface area contributed by atoms with Crippen molar-refractivity contribution in [2.24, 2.45) is 0 Å². The van der Waals surface area contributed by atoms with Crippen LogP contribution >= 0.6 is 15.9 Å². The van der Waals surface area contributed by atoms with E-state index in [0.717, 1.165) is 23.2 Å². The zero-order valence-electron chi connectivity index (χ0n) is 12.8. The van der Waals surface area contributed by atoms with Crippen molar-refractivity contribution in [2.45, 2.75) is 26.3 Å². The Kier molecular flexibility index (Phi) is 5.83. The highest BCUT2D eigenvalue weighted by Gasteiger charge is 2.17. The summed E-state index contributed by atoms with van der Waals surface area (Å²) in [5.74, 6) is 0.942. The number of benzene rings is 2. The highest BCUT2D eigenvalue weighted by molar-refractivity contribution is 9.10. The van der Waals surface area contributed by atoms with E-state index in [-0.39, 0.29) is 6.04 Å². The summed E-state index contributed by atoms with van der Waals surface area (Å²) in [6.45, 7) is 5.13. The molecule has 0 aliphatic rings. The van der Waals surface area contributed by atoms with Gasteiger partial charge in [-0.15, -0.1) is 0 Å². The minimum atomic E-state index is 0.240. The van der Waals surface area contributed by atoms with E-state index in [1.165, 1.54) is 16.7 Å². The third-order valence-corrected chi connectivity index (χ3v) is 4.47. The summed E-state index contributed by atoms with van der Waals surface area (Å²) in [7, 11) is 1.73. The zero-order valence-corrected chi connectivity index (χ0v) is 14.4. The van der Waals surface area contributed by atoms with Gasteiger partial charge in [-0.2, -0.15) is 0 Å². The van der Waals surface area contributed by atoms with Crippen LogP contribution in [-0.4, -0.2) is 13.7 Å². The van der Waals surface area contributed by atoms with Crippen molar-refractivity contribution < 1.29 is 4.74 Å². The van der Waals surface area contributed by atoms with Crippen LogP contribution in [0, 0.1) is 6.92 Å². The van der Waals surface area contributed by atoms with Gasteiger partial charge in [0, 0.05) is 16.1 Å². The molecule has 0 heterocycles. The Morgan fingerprint density at radius 2 is 1.90 bits per heavy atom. The number of halogens is 1. The molecule has 0 bridgehead atoms.